The van der Waals surface area contributed by atoms with E-state index in [4.69, 9.17) is 11.5 Å². The Morgan fingerprint density at radius 3 is 2.24 bits per heavy atom. The number of nitrogen functional groups attached to an aromatic ring is 1. The van der Waals surface area contributed by atoms with E-state index in [0.29, 0.717) is 5.69 Å². The molecule has 4 N–H and O–H groups in total. The van der Waals surface area contributed by atoms with E-state index in [-0.39, 0.29) is 16.0 Å². The molecule has 2 aromatic rings. The second kappa shape index (κ2) is 5.53. The first-order valence-corrected chi connectivity index (χ1v) is 7.61. The van der Waals surface area contributed by atoms with Crippen LogP contribution in [-0.4, -0.2) is 14.3 Å². The fraction of sp³-hybridized carbons (Fsp3) is 0.0714. The number of anilines is 1. The number of hydrogen-bond acceptors (Lipinski definition) is 4. The van der Waals surface area contributed by atoms with Crippen molar-refractivity contribution in [3.8, 4) is 0 Å². The van der Waals surface area contributed by atoms with Crippen LogP contribution in [0.1, 0.15) is 15.9 Å². The van der Waals surface area contributed by atoms with Crippen LogP contribution in [0.2, 0.25) is 0 Å². The molecule has 0 fully saturated rings. The van der Waals surface area contributed by atoms with E-state index in [2.05, 4.69) is 0 Å². The third-order valence-corrected chi connectivity index (χ3v) is 4.60. The van der Waals surface area contributed by atoms with E-state index in [1.54, 1.807) is 0 Å². The molecule has 5 nitrogen and oxygen atoms in total. The van der Waals surface area contributed by atoms with Crippen LogP contribution in [0.25, 0.3) is 0 Å². The Balaban J connectivity index is 2.32. The zero-order chi connectivity index (χ0) is 15.6. The summed E-state index contributed by atoms with van der Waals surface area (Å²) in [7, 11) is -3.70. The van der Waals surface area contributed by atoms with Gasteiger partial charge in [-0.15, -0.1) is 0 Å². The van der Waals surface area contributed by atoms with E-state index >= 15 is 0 Å². The van der Waals surface area contributed by atoms with Crippen molar-refractivity contribution in [1.82, 2.24) is 0 Å². The number of amides is 1. The zero-order valence-electron chi connectivity index (χ0n) is 10.9. The van der Waals surface area contributed by atoms with Crippen molar-refractivity contribution in [3.63, 3.8) is 0 Å². The lowest BCUT2D eigenvalue weighted by Crippen LogP contribution is -2.12. The third-order valence-electron chi connectivity index (χ3n) is 2.92. The molecule has 2 aromatic carbocycles. The van der Waals surface area contributed by atoms with E-state index in [9.17, 15) is 17.6 Å². The van der Waals surface area contributed by atoms with Gasteiger partial charge in [0.05, 0.1) is 10.6 Å². The molecule has 0 aliphatic heterocycles. The predicted molar refractivity (Wildman–Crippen MR) is 76.7 cm³/mol. The Morgan fingerprint density at radius 1 is 1.10 bits per heavy atom. The molecule has 0 spiro atoms. The Hall–Kier alpha value is -2.41. The van der Waals surface area contributed by atoms with E-state index in [1.807, 2.05) is 0 Å². The highest BCUT2D eigenvalue weighted by atomic mass is 32.2. The fourth-order valence-electron chi connectivity index (χ4n) is 1.78. The standard InChI is InChI=1S/C14H13FN2O3S/c15-13-7-9(14(17)18)1-2-10(13)8-21(19,20)12-5-3-11(16)4-6-12/h1-7H,8,16H2,(H2,17,18). The van der Waals surface area contributed by atoms with E-state index in [1.165, 1.54) is 36.4 Å². The van der Waals surface area contributed by atoms with Crippen molar-refractivity contribution in [2.45, 2.75) is 10.6 Å². The first-order chi connectivity index (χ1) is 9.79. The molecule has 2 rings (SSSR count). The maximum Gasteiger partial charge on any atom is 0.248 e. The summed E-state index contributed by atoms with van der Waals surface area (Å²) >= 11 is 0. The molecular weight excluding hydrogens is 295 g/mol. The van der Waals surface area contributed by atoms with Gasteiger partial charge in [0.2, 0.25) is 5.91 Å². The lowest BCUT2D eigenvalue weighted by Gasteiger charge is -2.07. The average molecular weight is 308 g/mol. The topological polar surface area (TPSA) is 103 Å². The number of nitrogens with two attached hydrogens (primary N) is 2. The van der Waals surface area contributed by atoms with Crippen LogP contribution in [0.5, 0.6) is 0 Å². The highest BCUT2D eigenvalue weighted by Crippen LogP contribution is 2.20. The first-order valence-electron chi connectivity index (χ1n) is 5.96. The van der Waals surface area contributed by atoms with Crippen molar-refractivity contribution in [3.05, 3.63) is 59.4 Å². The van der Waals surface area contributed by atoms with Crippen LogP contribution in [0.4, 0.5) is 10.1 Å². The number of rotatable bonds is 4. The van der Waals surface area contributed by atoms with Gasteiger partial charge in [-0.25, -0.2) is 12.8 Å². The first kappa shape index (κ1) is 15.0. The Kier molecular flexibility index (Phi) is 3.95. The van der Waals surface area contributed by atoms with Gasteiger partial charge in [-0.3, -0.25) is 4.79 Å². The van der Waals surface area contributed by atoms with E-state index < -0.39 is 27.3 Å². The minimum atomic E-state index is -3.70. The second-order valence-electron chi connectivity index (χ2n) is 4.50. The van der Waals surface area contributed by atoms with Crippen LogP contribution >= 0.6 is 0 Å². The van der Waals surface area contributed by atoms with Gasteiger partial charge in [-0.1, -0.05) is 6.07 Å². The molecule has 0 saturated carbocycles. The molecular formula is C14H13FN2O3S. The Morgan fingerprint density at radius 2 is 1.71 bits per heavy atom. The number of benzene rings is 2. The molecule has 0 radical (unpaired) electrons. The molecule has 0 saturated heterocycles. The van der Waals surface area contributed by atoms with Crippen molar-refractivity contribution in [1.29, 1.82) is 0 Å². The van der Waals surface area contributed by atoms with Gasteiger partial charge in [0, 0.05) is 16.8 Å². The summed E-state index contributed by atoms with van der Waals surface area (Å²) in [6, 6.07) is 9.10. The van der Waals surface area contributed by atoms with Crippen LogP contribution in [0, 0.1) is 5.82 Å². The Labute approximate surface area is 121 Å². The summed E-state index contributed by atoms with van der Waals surface area (Å²) in [4.78, 5) is 11.0. The van der Waals surface area contributed by atoms with Gasteiger partial charge in [0.25, 0.3) is 0 Å². The number of carbonyl (C=O) groups is 1. The zero-order valence-corrected chi connectivity index (χ0v) is 11.7. The van der Waals surface area contributed by atoms with Gasteiger partial charge in [-0.2, -0.15) is 0 Å². The number of carbonyl (C=O) groups excluding carboxylic acids is 1. The largest absolute Gasteiger partial charge is 0.399 e. The smallest absolute Gasteiger partial charge is 0.248 e. The highest BCUT2D eigenvalue weighted by Gasteiger charge is 2.18. The fourth-order valence-corrected chi connectivity index (χ4v) is 3.14. The number of primary amides is 1. The average Bonchev–Trinajstić information content (AvgIpc) is 2.41. The molecule has 0 aromatic heterocycles. The molecule has 0 unspecified atom stereocenters. The predicted octanol–water partition coefficient (Wildman–Crippen LogP) is 1.48. The van der Waals surface area contributed by atoms with Crippen LogP contribution in [0.3, 0.4) is 0 Å². The van der Waals surface area contributed by atoms with Gasteiger partial charge < -0.3 is 11.5 Å². The summed E-state index contributed by atoms with van der Waals surface area (Å²) in [6.45, 7) is 0. The maximum atomic E-state index is 13.8. The van der Waals surface area contributed by atoms with Crippen LogP contribution in [-0.2, 0) is 15.6 Å². The SMILES string of the molecule is NC(=O)c1ccc(CS(=O)(=O)c2ccc(N)cc2)c(F)c1. The van der Waals surface area contributed by atoms with Crippen molar-refractivity contribution >= 4 is 21.4 Å². The normalized spacial score (nSPS) is 11.3. The lowest BCUT2D eigenvalue weighted by atomic mass is 10.1. The maximum absolute atomic E-state index is 13.8. The van der Waals surface area contributed by atoms with Crippen LogP contribution in [0.15, 0.2) is 47.4 Å². The molecule has 110 valence electrons. The van der Waals surface area contributed by atoms with Crippen molar-refractivity contribution in [2.24, 2.45) is 5.73 Å². The monoisotopic (exact) mass is 308 g/mol. The van der Waals surface area contributed by atoms with E-state index in [0.717, 1.165) is 6.07 Å². The number of sulfone groups is 1. The highest BCUT2D eigenvalue weighted by molar-refractivity contribution is 7.90. The molecule has 7 heteroatoms. The quantitative estimate of drug-likeness (QED) is 0.835. The second-order valence-corrected chi connectivity index (χ2v) is 6.49. The van der Waals surface area contributed by atoms with Gasteiger partial charge in [-0.05, 0) is 36.4 Å². The number of halogens is 1. The van der Waals surface area contributed by atoms with Crippen LogP contribution < -0.4 is 11.5 Å². The number of hydrogen-bond donors (Lipinski definition) is 2. The van der Waals surface area contributed by atoms with Gasteiger partial charge in [0.1, 0.15) is 5.82 Å². The molecule has 0 bridgehead atoms. The molecule has 21 heavy (non-hydrogen) atoms. The van der Waals surface area contributed by atoms with Crippen molar-refractivity contribution in [2.75, 3.05) is 5.73 Å². The summed E-state index contributed by atoms with van der Waals surface area (Å²) in [5.41, 5.74) is 10.9. The summed E-state index contributed by atoms with van der Waals surface area (Å²) in [6.07, 6.45) is 0. The van der Waals surface area contributed by atoms with Gasteiger partial charge in [0.15, 0.2) is 9.84 Å². The molecule has 0 atom stereocenters. The minimum Gasteiger partial charge on any atom is -0.399 e. The summed E-state index contributed by atoms with van der Waals surface area (Å²) in [5.74, 6) is -2.07. The molecule has 0 aliphatic carbocycles. The summed E-state index contributed by atoms with van der Waals surface area (Å²) < 4.78 is 38.2. The molecule has 0 heterocycles. The van der Waals surface area contributed by atoms with Crippen molar-refractivity contribution < 1.29 is 17.6 Å². The minimum absolute atomic E-state index is 0.0128. The summed E-state index contributed by atoms with van der Waals surface area (Å²) in [5, 5.41) is 0. The third kappa shape index (κ3) is 3.38. The lowest BCUT2D eigenvalue weighted by molar-refractivity contribution is 0.1000. The van der Waals surface area contributed by atoms with Gasteiger partial charge >= 0.3 is 0 Å². The molecule has 0 aliphatic rings. The Bertz CT molecular complexity index is 786. The molecule has 1 amide bonds.